The molecule has 2 atom stereocenters. The molecule has 1 N–H and O–H groups in total. The number of hydrogen-bond donors (Lipinski definition) is 1. The van der Waals surface area contributed by atoms with Crippen LogP contribution in [0.15, 0.2) is 29.2 Å². The summed E-state index contributed by atoms with van der Waals surface area (Å²) in [5.41, 5.74) is 0. The first-order valence-corrected chi connectivity index (χ1v) is 7.79. The Balaban J connectivity index is 1.98. The fraction of sp³-hybridized carbons (Fsp3) is 0.571. The zero-order valence-corrected chi connectivity index (χ0v) is 12.3. The van der Waals surface area contributed by atoms with Crippen molar-refractivity contribution in [3.8, 4) is 0 Å². The average Bonchev–Trinajstić information content (AvgIpc) is 2.40. The van der Waals surface area contributed by atoms with Crippen LogP contribution < -0.4 is 5.32 Å². The van der Waals surface area contributed by atoms with Crippen molar-refractivity contribution in [1.29, 1.82) is 0 Å². The molecule has 2 unspecified atom stereocenters. The van der Waals surface area contributed by atoms with Crippen LogP contribution in [0, 0.1) is 0 Å². The molecule has 4 heteroatoms. The standard InChI is InChI=1S/C14H20ClNOS/c1-2-8-16-12-7-9-17-10-14(12)18-13-6-4-3-5-11(13)15/h3-6,12,14,16H,2,7-10H2,1H3. The van der Waals surface area contributed by atoms with Crippen LogP contribution in [0.3, 0.4) is 0 Å². The van der Waals surface area contributed by atoms with Gasteiger partial charge in [0.15, 0.2) is 0 Å². The molecule has 1 aliphatic rings. The second kappa shape index (κ2) is 7.39. The third kappa shape index (κ3) is 3.89. The second-order valence-electron chi connectivity index (χ2n) is 4.51. The Morgan fingerprint density at radius 3 is 3.06 bits per heavy atom. The van der Waals surface area contributed by atoms with E-state index in [1.165, 1.54) is 6.42 Å². The van der Waals surface area contributed by atoms with Crippen molar-refractivity contribution in [2.75, 3.05) is 19.8 Å². The number of benzene rings is 1. The maximum absolute atomic E-state index is 6.21. The van der Waals surface area contributed by atoms with Crippen molar-refractivity contribution in [3.63, 3.8) is 0 Å². The van der Waals surface area contributed by atoms with E-state index in [1.807, 2.05) is 30.0 Å². The van der Waals surface area contributed by atoms with Crippen LogP contribution in [0.1, 0.15) is 19.8 Å². The fourth-order valence-corrected chi connectivity index (χ4v) is 3.59. The largest absolute Gasteiger partial charge is 0.380 e. The highest BCUT2D eigenvalue weighted by Gasteiger charge is 2.26. The van der Waals surface area contributed by atoms with Crippen molar-refractivity contribution in [3.05, 3.63) is 29.3 Å². The molecule has 1 fully saturated rings. The van der Waals surface area contributed by atoms with E-state index in [4.69, 9.17) is 16.3 Å². The molecule has 18 heavy (non-hydrogen) atoms. The first kappa shape index (κ1) is 14.2. The summed E-state index contributed by atoms with van der Waals surface area (Å²) in [6.45, 7) is 4.94. The Bertz CT molecular complexity index is 375. The van der Waals surface area contributed by atoms with E-state index in [9.17, 15) is 0 Å². The van der Waals surface area contributed by atoms with Gasteiger partial charge in [0.1, 0.15) is 0 Å². The summed E-state index contributed by atoms with van der Waals surface area (Å²) in [6.07, 6.45) is 2.25. The van der Waals surface area contributed by atoms with Crippen molar-refractivity contribution >= 4 is 23.4 Å². The Hall–Kier alpha value is -0.220. The summed E-state index contributed by atoms with van der Waals surface area (Å²) >= 11 is 8.04. The normalized spacial score (nSPS) is 24.1. The summed E-state index contributed by atoms with van der Waals surface area (Å²) in [5, 5.41) is 4.90. The van der Waals surface area contributed by atoms with Crippen LogP contribution in [0.5, 0.6) is 0 Å². The molecule has 100 valence electrons. The van der Waals surface area contributed by atoms with Gasteiger partial charge < -0.3 is 10.1 Å². The highest BCUT2D eigenvalue weighted by molar-refractivity contribution is 8.00. The van der Waals surface area contributed by atoms with E-state index in [0.29, 0.717) is 11.3 Å². The van der Waals surface area contributed by atoms with Crippen molar-refractivity contribution in [2.45, 2.75) is 36.0 Å². The molecular formula is C14H20ClNOS. The minimum Gasteiger partial charge on any atom is -0.380 e. The van der Waals surface area contributed by atoms with Crippen molar-refractivity contribution in [1.82, 2.24) is 5.32 Å². The molecule has 1 aromatic rings. The predicted molar refractivity (Wildman–Crippen MR) is 78.6 cm³/mol. The topological polar surface area (TPSA) is 21.3 Å². The summed E-state index contributed by atoms with van der Waals surface area (Å²) in [7, 11) is 0. The van der Waals surface area contributed by atoms with Crippen molar-refractivity contribution < 1.29 is 4.74 Å². The van der Waals surface area contributed by atoms with Crippen LogP contribution in [0.2, 0.25) is 5.02 Å². The number of hydrogen-bond acceptors (Lipinski definition) is 3. The second-order valence-corrected chi connectivity index (χ2v) is 6.20. The summed E-state index contributed by atoms with van der Waals surface area (Å²) in [6, 6.07) is 8.56. The van der Waals surface area contributed by atoms with E-state index < -0.39 is 0 Å². The lowest BCUT2D eigenvalue weighted by Crippen LogP contribution is -2.45. The number of halogens is 1. The Labute approximate surface area is 118 Å². The lowest BCUT2D eigenvalue weighted by molar-refractivity contribution is 0.0833. The van der Waals surface area contributed by atoms with Crippen LogP contribution >= 0.6 is 23.4 Å². The van der Waals surface area contributed by atoms with Gasteiger partial charge in [0.2, 0.25) is 0 Å². The molecule has 1 saturated heterocycles. The Morgan fingerprint density at radius 2 is 2.28 bits per heavy atom. The van der Waals surface area contributed by atoms with Gasteiger partial charge in [-0.2, -0.15) is 0 Å². The molecule has 0 amide bonds. The monoisotopic (exact) mass is 285 g/mol. The van der Waals surface area contributed by atoms with E-state index in [2.05, 4.69) is 18.3 Å². The lowest BCUT2D eigenvalue weighted by Gasteiger charge is -2.32. The number of ether oxygens (including phenoxy) is 1. The average molecular weight is 286 g/mol. The molecular weight excluding hydrogens is 266 g/mol. The maximum Gasteiger partial charge on any atom is 0.0603 e. The number of rotatable bonds is 5. The number of thioether (sulfide) groups is 1. The number of nitrogens with one attached hydrogen (secondary N) is 1. The highest BCUT2D eigenvalue weighted by Crippen LogP contribution is 2.33. The van der Waals surface area contributed by atoms with Gasteiger partial charge >= 0.3 is 0 Å². The molecule has 2 nitrogen and oxygen atoms in total. The van der Waals surface area contributed by atoms with Gasteiger partial charge in [-0.3, -0.25) is 0 Å². The maximum atomic E-state index is 6.21. The molecule has 0 aliphatic carbocycles. The fourth-order valence-electron chi connectivity index (χ4n) is 2.09. The zero-order valence-electron chi connectivity index (χ0n) is 10.7. The van der Waals surface area contributed by atoms with Gasteiger partial charge in [-0.25, -0.2) is 0 Å². The third-order valence-electron chi connectivity index (χ3n) is 3.08. The quantitative estimate of drug-likeness (QED) is 0.893. The predicted octanol–water partition coefficient (Wildman–Crippen LogP) is 3.59. The van der Waals surface area contributed by atoms with Gasteiger partial charge in [0.05, 0.1) is 11.6 Å². The third-order valence-corrected chi connectivity index (χ3v) is 4.89. The summed E-state index contributed by atoms with van der Waals surface area (Å²) < 4.78 is 5.60. The smallest absolute Gasteiger partial charge is 0.0603 e. The van der Waals surface area contributed by atoms with Gasteiger partial charge in [-0.1, -0.05) is 30.7 Å². The highest BCUT2D eigenvalue weighted by atomic mass is 35.5. The SMILES string of the molecule is CCCNC1CCOCC1Sc1ccccc1Cl. The van der Waals surface area contributed by atoms with Crippen LogP contribution in [-0.2, 0) is 4.74 Å². The Morgan fingerprint density at radius 1 is 1.44 bits per heavy atom. The molecule has 2 rings (SSSR count). The van der Waals surface area contributed by atoms with E-state index in [1.54, 1.807) is 0 Å². The van der Waals surface area contributed by atoms with E-state index in [0.717, 1.165) is 36.1 Å². The Kier molecular flexibility index (Phi) is 5.83. The van der Waals surface area contributed by atoms with Gasteiger partial charge in [-0.15, -0.1) is 11.8 Å². The van der Waals surface area contributed by atoms with Crippen molar-refractivity contribution in [2.24, 2.45) is 0 Å². The minimum absolute atomic E-state index is 0.449. The van der Waals surface area contributed by atoms with E-state index >= 15 is 0 Å². The van der Waals surface area contributed by atoms with Crippen LogP contribution in [0.4, 0.5) is 0 Å². The van der Waals surface area contributed by atoms with Gasteiger partial charge in [-0.05, 0) is 31.5 Å². The molecule has 0 saturated carbocycles. The van der Waals surface area contributed by atoms with Crippen LogP contribution in [-0.4, -0.2) is 31.1 Å². The van der Waals surface area contributed by atoms with E-state index in [-0.39, 0.29) is 0 Å². The molecule has 0 bridgehead atoms. The first-order chi connectivity index (χ1) is 8.81. The van der Waals surface area contributed by atoms with Gasteiger partial charge in [0.25, 0.3) is 0 Å². The molecule has 1 aromatic carbocycles. The molecule has 1 heterocycles. The minimum atomic E-state index is 0.449. The molecule has 0 radical (unpaired) electrons. The lowest BCUT2D eigenvalue weighted by atomic mass is 10.1. The summed E-state index contributed by atoms with van der Waals surface area (Å²) in [5.74, 6) is 0. The molecule has 0 aromatic heterocycles. The van der Waals surface area contributed by atoms with Crippen LogP contribution in [0.25, 0.3) is 0 Å². The molecule has 0 spiro atoms. The zero-order chi connectivity index (χ0) is 12.8. The summed E-state index contributed by atoms with van der Waals surface area (Å²) in [4.78, 5) is 1.15. The van der Waals surface area contributed by atoms with Gasteiger partial charge in [0, 0.05) is 22.8 Å². The first-order valence-electron chi connectivity index (χ1n) is 6.53. The molecule has 1 aliphatic heterocycles.